The summed E-state index contributed by atoms with van der Waals surface area (Å²) in [7, 11) is 0. The molecule has 16 heavy (non-hydrogen) atoms. The molecule has 0 bridgehead atoms. The third-order valence-corrected chi connectivity index (χ3v) is 4.04. The van der Waals surface area contributed by atoms with E-state index in [4.69, 9.17) is 4.74 Å². The van der Waals surface area contributed by atoms with Crippen LogP contribution in [-0.4, -0.2) is 24.3 Å². The van der Waals surface area contributed by atoms with E-state index in [0.29, 0.717) is 5.92 Å². The van der Waals surface area contributed by atoms with Crippen LogP contribution in [0.1, 0.15) is 52.4 Å². The quantitative estimate of drug-likeness (QED) is 0.760. The van der Waals surface area contributed by atoms with Gasteiger partial charge in [-0.3, -0.25) is 4.79 Å². The average Bonchev–Trinajstić information content (AvgIpc) is 2.31. The first-order chi connectivity index (χ1) is 7.67. The molecule has 0 amide bonds. The molecule has 3 nitrogen and oxygen atoms in total. The third kappa shape index (κ3) is 2.76. The standard InChI is InChI=1S/C13H24O3/c1-3-5-8-13(4-2,12(14)15)11-6-9-16-10-7-11/h11H,3-10H2,1-2H3,(H,14,15). The van der Waals surface area contributed by atoms with Crippen molar-refractivity contribution in [1.82, 2.24) is 0 Å². The average molecular weight is 228 g/mol. The lowest BCUT2D eigenvalue weighted by molar-refractivity contribution is -0.156. The number of ether oxygens (including phenoxy) is 1. The highest BCUT2D eigenvalue weighted by Crippen LogP contribution is 2.42. The first-order valence-electron chi connectivity index (χ1n) is 6.48. The molecule has 0 saturated carbocycles. The molecule has 0 radical (unpaired) electrons. The van der Waals surface area contributed by atoms with Gasteiger partial charge >= 0.3 is 5.97 Å². The second kappa shape index (κ2) is 6.24. The van der Waals surface area contributed by atoms with E-state index in [2.05, 4.69) is 6.92 Å². The van der Waals surface area contributed by atoms with E-state index < -0.39 is 11.4 Å². The second-order valence-corrected chi connectivity index (χ2v) is 4.81. The van der Waals surface area contributed by atoms with Crippen LogP contribution in [0.3, 0.4) is 0 Å². The number of rotatable bonds is 6. The Morgan fingerprint density at radius 2 is 2.00 bits per heavy atom. The van der Waals surface area contributed by atoms with Gasteiger partial charge in [0.15, 0.2) is 0 Å². The van der Waals surface area contributed by atoms with E-state index in [1.165, 1.54) is 0 Å². The van der Waals surface area contributed by atoms with Crippen molar-refractivity contribution >= 4 is 5.97 Å². The summed E-state index contributed by atoms with van der Waals surface area (Å²) in [6.45, 7) is 5.59. The monoisotopic (exact) mass is 228 g/mol. The minimum atomic E-state index is -0.602. The molecule has 0 aromatic carbocycles. The number of carboxylic acid groups (broad SMARTS) is 1. The van der Waals surface area contributed by atoms with Gasteiger partial charge in [-0.25, -0.2) is 0 Å². The zero-order valence-electron chi connectivity index (χ0n) is 10.5. The predicted octanol–water partition coefficient (Wildman–Crippen LogP) is 3.08. The Labute approximate surface area is 98.2 Å². The zero-order valence-corrected chi connectivity index (χ0v) is 10.5. The van der Waals surface area contributed by atoms with Gasteiger partial charge in [0.25, 0.3) is 0 Å². The molecule has 1 atom stereocenters. The van der Waals surface area contributed by atoms with Crippen molar-refractivity contribution in [3.05, 3.63) is 0 Å². The Kier molecular flexibility index (Phi) is 5.26. The normalized spacial score (nSPS) is 21.6. The highest BCUT2D eigenvalue weighted by atomic mass is 16.5. The lowest BCUT2D eigenvalue weighted by Crippen LogP contribution is -2.41. The van der Waals surface area contributed by atoms with E-state index >= 15 is 0 Å². The minimum absolute atomic E-state index is 0.301. The van der Waals surface area contributed by atoms with Gasteiger partial charge in [-0.05, 0) is 31.6 Å². The number of aliphatic carboxylic acids is 1. The van der Waals surface area contributed by atoms with E-state index in [1.807, 2.05) is 6.92 Å². The SMILES string of the molecule is CCCCC(CC)(C(=O)O)C1CCOCC1. The van der Waals surface area contributed by atoms with Crippen LogP contribution >= 0.6 is 0 Å². The maximum atomic E-state index is 11.6. The number of carbonyl (C=O) groups is 1. The highest BCUT2D eigenvalue weighted by Gasteiger charge is 2.43. The van der Waals surface area contributed by atoms with Crippen LogP contribution in [0.4, 0.5) is 0 Å². The summed E-state index contributed by atoms with van der Waals surface area (Å²) < 4.78 is 5.33. The molecule has 1 aliphatic rings. The topological polar surface area (TPSA) is 46.5 Å². The van der Waals surface area contributed by atoms with Gasteiger partial charge in [-0.2, -0.15) is 0 Å². The first-order valence-corrected chi connectivity index (χ1v) is 6.48. The molecule has 94 valence electrons. The molecule has 1 N–H and O–H groups in total. The van der Waals surface area contributed by atoms with Crippen molar-refractivity contribution in [3.8, 4) is 0 Å². The van der Waals surface area contributed by atoms with Crippen molar-refractivity contribution in [3.63, 3.8) is 0 Å². The number of hydrogen-bond donors (Lipinski definition) is 1. The van der Waals surface area contributed by atoms with E-state index in [1.54, 1.807) is 0 Å². The van der Waals surface area contributed by atoms with Crippen LogP contribution in [0.5, 0.6) is 0 Å². The Balaban J connectivity index is 2.77. The van der Waals surface area contributed by atoms with Gasteiger partial charge in [0.05, 0.1) is 5.41 Å². The molecule has 1 rings (SSSR count). The molecule has 1 fully saturated rings. The van der Waals surface area contributed by atoms with Crippen molar-refractivity contribution in [2.75, 3.05) is 13.2 Å². The number of hydrogen-bond acceptors (Lipinski definition) is 2. The van der Waals surface area contributed by atoms with Crippen molar-refractivity contribution < 1.29 is 14.6 Å². The van der Waals surface area contributed by atoms with E-state index in [0.717, 1.165) is 51.7 Å². The summed E-state index contributed by atoms with van der Waals surface area (Å²) in [6, 6.07) is 0. The molecule has 0 aliphatic carbocycles. The zero-order chi connectivity index (χ0) is 12.0. The Bertz CT molecular complexity index is 221. The molecule has 1 aliphatic heterocycles. The maximum Gasteiger partial charge on any atom is 0.309 e. The van der Waals surface area contributed by atoms with Crippen LogP contribution in [0.25, 0.3) is 0 Å². The summed E-state index contributed by atoms with van der Waals surface area (Å²) in [6.07, 6.45) is 5.45. The van der Waals surface area contributed by atoms with Gasteiger partial charge in [-0.1, -0.05) is 26.7 Å². The summed E-state index contributed by atoms with van der Waals surface area (Å²) >= 11 is 0. The molecule has 1 saturated heterocycles. The van der Waals surface area contributed by atoms with Gasteiger partial charge in [0.2, 0.25) is 0 Å². The van der Waals surface area contributed by atoms with E-state index in [-0.39, 0.29) is 0 Å². The highest BCUT2D eigenvalue weighted by molar-refractivity contribution is 5.75. The fourth-order valence-electron chi connectivity index (χ4n) is 2.84. The van der Waals surface area contributed by atoms with Crippen molar-refractivity contribution in [1.29, 1.82) is 0 Å². The maximum absolute atomic E-state index is 11.6. The van der Waals surface area contributed by atoms with Gasteiger partial charge < -0.3 is 9.84 Å². The lowest BCUT2D eigenvalue weighted by atomic mass is 9.67. The molecular formula is C13H24O3. The van der Waals surface area contributed by atoms with Crippen LogP contribution in [0.15, 0.2) is 0 Å². The molecular weight excluding hydrogens is 204 g/mol. The van der Waals surface area contributed by atoms with Gasteiger partial charge in [0, 0.05) is 13.2 Å². The molecule has 1 unspecified atom stereocenters. The van der Waals surface area contributed by atoms with Crippen LogP contribution in [0.2, 0.25) is 0 Å². The molecule has 3 heteroatoms. The Hall–Kier alpha value is -0.570. The summed E-state index contributed by atoms with van der Waals surface area (Å²) in [5, 5.41) is 9.56. The fourth-order valence-corrected chi connectivity index (χ4v) is 2.84. The number of carboxylic acids is 1. The Morgan fingerprint density at radius 1 is 1.38 bits per heavy atom. The van der Waals surface area contributed by atoms with Crippen molar-refractivity contribution in [2.24, 2.45) is 11.3 Å². The van der Waals surface area contributed by atoms with Crippen LogP contribution in [-0.2, 0) is 9.53 Å². The molecule has 0 aromatic heterocycles. The minimum Gasteiger partial charge on any atom is -0.481 e. The largest absolute Gasteiger partial charge is 0.481 e. The molecule has 0 spiro atoms. The van der Waals surface area contributed by atoms with E-state index in [9.17, 15) is 9.90 Å². The number of unbranched alkanes of at least 4 members (excludes halogenated alkanes) is 1. The summed E-state index contributed by atoms with van der Waals surface area (Å²) in [4.78, 5) is 11.6. The van der Waals surface area contributed by atoms with Crippen LogP contribution < -0.4 is 0 Å². The molecule has 0 aromatic rings. The van der Waals surface area contributed by atoms with Crippen LogP contribution in [0, 0.1) is 11.3 Å². The molecule has 1 heterocycles. The van der Waals surface area contributed by atoms with Crippen molar-refractivity contribution in [2.45, 2.75) is 52.4 Å². The van der Waals surface area contributed by atoms with Gasteiger partial charge in [-0.15, -0.1) is 0 Å². The smallest absolute Gasteiger partial charge is 0.309 e. The Morgan fingerprint density at radius 3 is 2.44 bits per heavy atom. The predicted molar refractivity (Wildman–Crippen MR) is 63.4 cm³/mol. The third-order valence-electron chi connectivity index (χ3n) is 4.04. The lowest BCUT2D eigenvalue weighted by Gasteiger charge is -2.38. The van der Waals surface area contributed by atoms with Gasteiger partial charge in [0.1, 0.15) is 0 Å². The summed E-state index contributed by atoms with van der Waals surface area (Å²) in [5.74, 6) is -0.300. The second-order valence-electron chi connectivity index (χ2n) is 4.81. The summed E-state index contributed by atoms with van der Waals surface area (Å²) in [5.41, 5.74) is -0.500. The first kappa shape index (κ1) is 13.5. The fraction of sp³-hybridized carbons (Fsp3) is 0.923.